The smallest absolute Gasteiger partial charge is 0.190 e. The highest BCUT2D eigenvalue weighted by atomic mass is 79.9. The summed E-state index contributed by atoms with van der Waals surface area (Å²) in [6.07, 6.45) is 0. The number of halogens is 1. The Bertz CT molecular complexity index is 456. The van der Waals surface area contributed by atoms with Gasteiger partial charge in [0.25, 0.3) is 0 Å². The summed E-state index contributed by atoms with van der Waals surface area (Å²) < 4.78 is 0.718. The van der Waals surface area contributed by atoms with Crippen LogP contribution in [0.5, 0.6) is 0 Å². The summed E-state index contributed by atoms with van der Waals surface area (Å²) in [5, 5.41) is 0.690. The number of thioether (sulfide) groups is 1. The van der Waals surface area contributed by atoms with Crippen LogP contribution in [-0.4, -0.2) is 9.97 Å². The van der Waals surface area contributed by atoms with Crippen LogP contribution < -0.4 is 5.73 Å². The van der Waals surface area contributed by atoms with Crippen LogP contribution in [0.2, 0.25) is 0 Å². The summed E-state index contributed by atoms with van der Waals surface area (Å²) in [5.41, 5.74) is 6.88. The Morgan fingerprint density at radius 2 is 1.94 bits per heavy atom. The summed E-state index contributed by atoms with van der Waals surface area (Å²) in [5.74, 6) is 1.33. The summed E-state index contributed by atoms with van der Waals surface area (Å²) in [7, 11) is 0. The Labute approximate surface area is 107 Å². The largest absolute Gasteiger partial charge is 0.384 e. The molecule has 3 nitrogen and oxygen atoms in total. The Morgan fingerprint density at radius 3 is 2.62 bits per heavy atom. The van der Waals surface area contributed by atoms with Crippen LogP contribution in [0.3, 0.4) is 0 Å². The predicted octanol–water partition coefficient (Wildman–Crippen LogP) is 3.11. The van der Waals surface area contributed by atoms with Gasteiger partial charge in [0.05, 0.1) is 0 Å². The number of aromatic nitrogens is 2. The maximum atomic E-state index is 5.63. The Balaban J connectivity index is 2.05. The molecule has 1 heterocycles. The second-order valence-electron chi connectivity index (χ2n) is 3.17. The fourth-order valence-corrected chi connectivity index (χ4v) is 2.54. The molecule has 2 rings (SSSR count). The van der Waals surface area contributed by atoms with Crippen molar-refractivity contribution in [2.75, 3.05) is 5.73 Å². The van der Waals surface area contributed by atoms with E-state index in [2.05, 4.69) is 38.0 Å². The first kappa shape index (κ1) is 11.4. The molecule has 0 aliphatic rings. The van der Waals surface area contributed by atoms with E-state index in [0.29, 0.717) is 11.0 Å². The molecule has 82 valence electrons. The minimum atomic E-state index is 0.484. The third-order valence-electron chi connectivity index (χ3n) is 1.90. The minimum absolute atomic E-state index is 0.484. The van der Waals surface area contributed by atoms with Crippen molar-refractivity contribution in [2.45, 2.75) is 10.9 Å². The number of hydrogen-bond donors (Lipinski definition) is 1. The van der Waals surface area contributed by atoms with Gasteiger partial charge in [-0.05, 0) is 21.5 Å². The average molecular weight is 296 g/mol. The first-order valence-electron chi connectivity index (χ1n) is 4.71. The molecule has 5 heteroatoms. The van der Waals surface area contributed by atoms with E-state index in [1.54, 1.807) is 17.8 Å². The van der Waals surface area contributed by atoms with Crippen LogP contribution in [0.15, 0.2) is 46.2 Å². The molecule has 2 N–H and O–H groups in total. The first-order chi connectivity index (χ1) is 7.74. The Morgan fingerprint density at radius 1 is 1.19 bits per heavy atom. The maximum absolute atomic E-state index is 5.63. The van der Waals surface area contributed by atoms with E-state index in [1.165, 1.54) is 5.56 Å². The van der Waals surface area contributed by atoms with Crippen molar-refractivity contribution < 1.29 is 0 Å². The van der Waals surface area contributed by atoms with Crippen molar-refractivity contribution in [3.05, 3.63) is 46.6 Å². The second kappa shape index (κ2) is 5.32. The van der Waals surface area contributed by atoms with Crippen LogP contribution in [-0.2, 0) is 5.75 Å². The normalized spacial score (nSPS) is 10.3. The van der Waals surface area contributed by atoms with Crippen LogP contribution in [0.25, 0.3) is 0 Å². The lowest BCUT2D eigenvalue weighted by Crippen LogP contribution is -1.95. The van der Waals surface area contributed by atoms with E-state index in [-0.39, 0.29) is 0 Å². The Hall–Kier alpha value is -1.07. The molecule has 0 aliphatic heterocycles. The summed E-state index contributed by atoms with van der Waals surface area (Å²) in [6.45, 7) is 0. The van der Waals surface area contributed by atoms with Gasteiger partial charge in [-0.25, -0.2) is 9.97 Å². The molecular formula is C11H10BrN3S. The van der Waals surface area contributed by atoms with Crippen LogP contribution in [0, 0.1) is 0 Å². The molecule has 0 saturated carbocycles. The van der Waals surface area contributed by atoms with Gasteiger partial charge >= 0.3 is 0 Å². The lowest BCUT2D eigenvalue weighted by molar-refractivity contribution is 0.956. The summed E-state index contributed by atoms with van der Waals surface area (Å²) >= 11 is 4.86. The molecule has 16 heavy (non-hydrogen) atoms. The molecular weight excluding hydrogens is 286 g/mol. The second-order valence-corrected chi connectivity index (χ2v) is 4.93. The van der Waals surface area contributed by atoms with Gasteiger partial charge in [0.15, 0.2) is 5.16 Å². The molecule has 1 aromatic heterocycles. The predicted molar refractivity (Wildman–Crippen MR) is 70.1 cm³/mol. The highest BCUT2D eigenvalue weighted by Crippen LogP contribution is 2.21. The number of nitrogens with zero attached hydrogens (tertiary/aromatic N) is 2. The van der Waals surface area contributed by atoms with Gasteiger partial charge in [-0.15, -0.1) is 0 Å². The van der Waals surface area contributed by atoms with E-state index >= 15 is 0 Å². The zero-order chi connectivity index (χ0) is 11.4. The van der Waals surface area contributed by atoms with Gasteiger partial charge in [0.2, 0.25) is 0 Å². The average Bonchev–Trinajstić information content (AvgIpc) is 2.27. The number of nitrogens with two attached hydrogens (primary N) is 1. The third-order valence-corrected chi connectivity index (χ3v) is 3.23. The van der Waals surface area contributed by atoms with Crippen molar-refractivity contribution in [1.82, 2.24) is 9.97 Å². The lowest BCUT2D eigenvalue weighted by Gasteiger charge is -2.02. The molecule has 0 radical (unpaired) electrons. The number of anilines is 1. The fourth-order valence-electron chi connectivity index (χ4n) is 1.20. The topological polar surface area (TPSA) is 51.8 Å². The number of hydrogen-bond acceptors (Lipinski definition) is 4. The zero-order valence-corrected chi connectivity index (χ0v) is 10.8. The highest BCUT2D eigenvalue weighted by Gasteiger charge is 2.02. The molecule has 2 aromatic rings. The van der Waals surface area contributed by atoms with Gasteiger partial charge in [0, 0.05) is 11.8 Å². The van der Waals surface area contributed by atoms with Crippen LogP contribution in [0.1, 0.15) is 5.56 Å². The third kappa shape index (κ3) is 3.21. The Kier molecular flexibility index (Phi) is 3.79. The standard InChI is InChI=1S/C11H10BrN3S/c12-9-6-10(13)15-11(14-9)16-7-8-4-2-1-3-5-8/h1-6H,7H2,(H2,13,14,15). The van der Waals surface area contributed by atoms with Gasteiger partial charge in [-0.2, -0.15) is 0 Å². The fraction of sp³-hybridized carbons (Fsp3) is 0.0909. The van der Waals surface area contributed by atoms with Crippen LogP contribution in [0.4, 0.5) is 5.82 Å². The van der Waals surface area contributed by atoms with Crippen LogP contribution >= 0.6 is 27.7 Å². The van der Waals surface area contributed by atoms with Gasteiger partial charge in [0.1, 0.15) is 10.4 Å². The molecule has 0 unspecified atom stereocenters. The number of benzene rings is 1. The maximum Gasteiger partial charge on any atom is 0.190 e. The van der Waals surface area contributed by atoms with Gasteiger partial charge in [-0.1, -0.05) is 42.1 Å². The molecule has 0 amide bonds. The van der Waals surface area contributed by atoms with Crippen molar-refractivity contribution >= 4 is 33.5 Å². The molecule has 1 aromatic carbocycles. The monoisotopic (exact) mass is 295 g/mol. The van der Waals surface area contributed by atoms with E-state index in [0.717, 1.165) is 10.4 Å². The molecule has 0 saturated heterocycles. The highest BCUT2D eigenvalue weighted by molar-refractivity contribution is 9.10. The molecule has 0 fully saturated rings. The first-order valence-corrected chi connectivity index (χ1v) is 6.49. The van der Waals surface area contributed by atoms with Crippen molar-refractivity contribution in [1.29, 1.82) is 0 Å². The number of nitrogen functional groups attached to an aromatic ring is 1. The molecule has 0 bridgehead atoms. The molecule has 0 aliphatic carbocycles. The summed E-state index contributed by atoms with van der Waals surface area (Å²) in [4.78, 5) is 8.39. The van der Waals surface area contributed by atoms with Crippen molar-refractivity contribution in [2.24, 2.45) is 0 Å². The SMILES string of the molecule is Nc1cc(Br)nc(SCc2ccccc2)n1. The quantitative estimate of drug-likeness (QED) is 0.537. The lowest BCUT2D eigenvalue weighted by atomic mass is 10.2. The minimum Gasteiger partial charge on any atom is -0.384 e. The molecule has 0 spiro atoms. The van der Waals surface area contributed by atoms with Crippen molar-refractivity contribution in [3.8, 4) is 0 Å². The van der Waals surface area contributed by atoms with E-state index in [4.69, 9.17) is 5.73 Å². The van der Waals surface area contributed by atoms with E-state index < -0.39 is 0 Å². The van der Waals surface area contributed by atoms with E-state index in [9.17, 15) is 0 Å². The molecule has 0 atom stereocenters. The summed E-state index contributed by atoms with van der Waals surface area (Å²) in [6, 6.07) is 11.9. The zero-order valence-electron chi connectivity index (χ0n) is 8.43. The van der Waals surface area contributed by atoms with E-state index in [1.807, 2.05) is 18.2 Å². The van der Waals surface area contributed by atoms with Crippen molar-refractivity contribution in [3.63, 3.8) is 0 Å². The van der Waals surface area contributed by atoms with Gasteiger partial charge in [-0.3, -0.25) is 0 Å². The van der Waals surface area contributed by atoms with Gasteiger partial charge < -0.3 is 5.73 Å². The number of rotatable bonds is 3.